The largest absolute Gasteiger partial charge is 0.0991 e. The lowest BCUT2D eigenvalue weighted by Gasteiger charge is -1.98. The maximum atomic E-state index is 3.67. The molecule has 0 rings (SSSR count). The molecular formula is C19H34. The summed E-state index contributed by atoms with van der Waals surface area (Å²) in [5.74, 6) is 0. The van der Waals surface area contributed by atoms with Gasteiger partial charge in [0.25, 0.3) is 0 Å². The molecule has 0 aromatic carbocycles. The summed E-state index contributed by atoms with van der Waals surface area (Å²) in [7, 11) is 0. The van der Waals surface area contributed by atoms with E-state index in [1.165, 1.54) is 77.0 Å². The van der Waals surface area contributed by atoms with Crippen molar-refractivity contribution in [2.24, 2.45) is 0 Å². The second-order valence-corrected chi connectivity index (χ2v) is 5.33. The van der Waals surface area contributed by atoms with Crippen LogP contribution in [0.2, 0.25) is 0 Å². The molecule has 110 valence electrons. The van der Waals surface area contributed by atoms with Gasteiger partial charge in [0.15, 0.2) is 0 Å². The van der Waals surface area contributed by atoms with Gasteiger partial charge in [-0.1, -0.05) is 82.4 Å². The van der Waals surface area contributed by atoms with Crippen molar-refractivity contribution in [2.75, 3.05) is 0 Å². The van der Waals surface area contributed by atoms with Crippen LogP contribution >= 0.6 is 0 Å². The van der Waals surface area contributed by atoms with Crippen molar-refractivity contribution in [2.45, 2.75) is 84.0 Å². The molecule has 0 aliphatic carbocycles. The summed E-state index contributed by atoms with van der Waals surface area (Å²) in [5.41, 5.74) is 0. The lowest BCUT2D eigenvalue weighted by Crippen LogP contribution is -1.78. The zero-order valence-corrected chi connectivity index (χ0v) is 13.1. The second-order valence-electron chi connectivity index (χ2n) is 5.33. The van der Waals surface area contributed by atoms with Crippen molar-refractivity contribution in [3.63, 3.8) is 0 Å². The summed E-state index contributed by atoms with van der Waals surface area (Å²) in [6.45, 7) is 5.94. The first-order valence-corrected chi connectivity index (χ1v) is 8.34. The molecule has 0 nitrogen and oxygen atoms in total. The minimum Gasteiger partial charge on any atom is -0.0991 e. The zero-order valence-electron chi connectivity index (χ0n) is 13.1. The molecule has 0 N–H and O–H groups in total. The first-order chi connectivity index (χ1) is 9.41. The molecule has 19 heavy (non-hydrogen) atoms. The monoisotopic (exact) mass is 262 g/mol. The van der Waals surface area contributed by atoms with Crippen LogP contribution in [0.3, 0.4) is 0 Å². The first kappa shape index (κ1) is 18.2. The Labute approximate surface area is 121 Å². The predicted octanol–water partition coefficient (Wildman–Crippen LogP) is 6.99. The average molecular weight is 262 g/mol. The van der Waals surface area contributed by atoms with Gasteiger partial charge in [-0.25, -0.2) is 0 Å². The molecule has 0 atom stereocenters. The van der Waals surface area contributed by atoms with Crippen molar-refractivity contribution in [3.05, 3.63) is 37.0 Å². The summed E-state index contributed by atoms with van der Waals surface area (Å²) < 4.78 is 0. The van der Waals surface area contributed by atoms with Gasteiger partial charge in [-0.05, 0) is 38.5 Å². The van der Waals surface area contributed by atoms with E-state index in [1.807, 2.05) is 12.2 Å². The Bertz CT molecular complexity index is 222. The zero-order chi connectivity index (χ0) is 14.0. The minimum atomic E-state index is 1.21. The third-order valence-electron chi connectivity index (χ3n) is 3.40. The molecule has 0 radical (unpaired) electrons. The Kier molecular flexibility index (Phi) is 16.5. The third-order valence-corrected chi connectivity index (χ3v) is 3.40. The highest BCUT2D eigenvalue weighted by Gasteiger charge is 1.89. The van der Waals surface area contributed by atoms with E-state index in [0.29, 0.717) is 0 Å². The Morgan fingerprint density at radius 1 is 0.632 bits per heavy atom. The van der Waals surface area contributed by atoms with Crippen molar-refractivity contribution in [1.29, 1.82) is 0 Å². The van der Waals surface area contributed by atoms with Crippen LogP contribution in [0, 0.1) is 0 Å². The fourth-order valence-electron chi connectivity index (χ4n) is 2.17. The Balaban J connectivity index is 3.07. The first-order valence-electron chi connectivity index (χ1n) is 8.34. The quantitative estimate of drug-likeness (QED) is 0.180. The van der Waals surface area contributed by atoms with Crippen LogP contribution < -0.4 is 0 Å². The molecular weight excluding hydrogens is 228 g/mol. The van der Waals surface area contributed by atoms with Gasteiger partial charge in [0.1, 0.15) is 0 Å². The molecule has 0 aromatic rings. The van der Waals surface area contributed by atoms with Crippen LogP contribution in [0.5, 0.6) is 0 Å². The van der Waals surface area contributed by atoms with Crippen LogP contribution in [-0.4, -0.2) is 0 Å². The number of unbranched alkanes of at least 4 members (excludes halogenated alkanes) is 10. The van der Waals surface area contributed by atoms with Gasteiger partial charge in [0.2, 0.25) is 0 Å². The van der Waals surface area contributed by atoms with Gasteiger partial charge in [0, 0.05) is 0 Å². The molecule has 0 spiro atoms. The van der Waals surface area contributed by atoms with E-state index in [-0.39, 0.29) is 0 Å². The Morgan fingerprint density at radius 3 is 1.63 bits per heavy atom. The van der Waals surface area contributed by atoms with E-state index in [2.05, 4.69) is 31.7 Å². The second kappa shape index (κ2) is 17.2. The van der Waals surface area contributed by atoms with Crippen molar-refractivity contribution in [1.82, 2.24) is 0 Å². The molecule has 0 fully saturated rings. The normalized spacial score (nSPS) is 11.6. The van der Waals surface area contributed by atoms with Crippen LogP contribution in [0.25, 0.3) is 0 Å². The van der Waals surface area contributed by atoms with Crippen LogP contribution in [-0.2, 0) is 0 Å². The number of hydrogen-bond donors (Lipinski definition) is 0. The summed E-state index contributed by atoms with van der Waals surface area (Å²) in [6.07, 6.45) is 27.1. The molecule has 0 bridgehead atoms. The molecule has 0 heteroatoms. The molecule has 0 saturated carbocycles. The highest BCUT2D eigenvalue weighted by atomic mass is 14.0. The number of rotatable bonds is 14. The molecule has 0 aliphatic rings. The molecule has 0 saturated heterocycles. The average Bonchev–Trinajstić information content (AvgIpc) is 2.43. The third kappa shape index (κ3) is 17.2. The van der Waals surface area contributed by atoms with Gasteiger partial charge in [-0.3, -0.25) is 0 Å². The molecule has 0 unspecified atom stereocenters. The predicted molar refractivity (Wildman–Crippen MR) is 89.6 cm³/mol. The number of allylic oxidation sites excluding steroid dienone is 5. The molecule has 0 amide bonds. The van der Waals surface area contributed by atoms with Gasteiger partial charge in [0.05, 0.1) is 0 Å². The lowest BCUT2D eigenvalue weighted by molar-refractivity contribution is 0.621. The summed E-state index contributed by atoms with van der Waals surface area (Å²) in [6, 6.07) is 0. The van der Waals surface area contributed by atoms with Crippen molar-refractivity contribution < 1.29 is 0 Å². The lowest BCUT2D eigenvalue weighted by atomic mass is 10.1. The van der Waals surface area contributed by atoms with Crippen molar-refractivity contribution >= 4 is 0 Å². The van der Waals surface area contributed by atoms with E-state index in [0.717, 1.165) is 0 Å². The highest BCUT2D eigenvalue weighted by molar-refractivity contribution is 4.96. The van der Waals surface area contributed by atoms with Crippen LogP contribution in [0.15, 0.2) is 37.0 Å². The SMILES string of the molecule is C=CC=CCCCCCCCC=CCCCCCC. The van der Waals surface area contributed by atoms with E-state index in [1.54, 1.807) is 0 Å². The summed E-state index contributed by atoms with van der Waals surface area (Å²) >= 11 is 0. The van der Waals surface area contributed by atoms with E-state index in [4.69, 9.17) is 0 Å². The maximum absolute atomic E-state index is 3.67. The maximum Gasteiger partial charge on any atom is -0.0348 e. The molecule has 0 heterocycles. The summed E-state index contributed by atoms with van der Waals surface area (Å²) in [4.78, 5) is 0. The van der Waals surface area contributed by atoms with E-state index in [9.17, 15) is 0 Å². The summed E-state index contributed by atoms with van der Waals surface area (Å²) in [5, 5.41) is 0. The fraction of sp³-hybridized carbons (Fsp3) is 0.684. The topological polar surface area (TPSA) is 0 Å². The van der Waals surface area contributed by atoms with Gasteiger partial charge in [-0.2, -0.15) is 0 Å². The van der Waals surface area contributed by atoms with Crippen molar-refractivity contribution in [3.8, 4) is 0 Å². The number of hydrogen-bond acceptors (Lipinski definition) is 0. The van der Waals surface area contributed by atoms with Gasteiger partial charge in [-0.15, -0.1) is 0 Å². The van der Waals surface area contributed by atoms with Gasteiger partial charge < -0.3 is 0 Å². The van der Waals surface area contributed by atoms with E-state index >= 15 is 0 Å². The minimum absolute atomic E-state index is 1.21. The van der Waals surface area contributed by atoms with E-state index < -0.39 is 0 Å². The molecule has 0 aliphatic heterocycles. The molecule has 0 aromatic heterocycles. The Morgan fingerprint density at radius 2 is 1.11 bits per heavy atom. The van der Waals surface area contributed by atoms with Crippen LogP contribution in [0.4, 0.5) is 0 Å². The fourth-order valence-corrected chi connectivity index (χ4v) is 2.17. The smallest absolute Gasteiger partial charge is 0.0348 e. The van der Waals surface area contributed by atoms with Crippen LogP contribution in [0.1, 0.15) is 84.0 Å². The standard InChI is InChI=1S/C19H34/c1-3-5-7-9-11-13-15-17-19-18-16-14-12-10-8-6-4-2/h3,5,7,14,16H,1,4,6,8-13,15,17-19H2,2H3. The van der Waals surface area contributed by atoms with Gasteiger partial charge >= 0.3 is 0 Å². The highest BCUT2D eigenvalue weighted by Crippen LogP contribution is 2.09. The Hall–Kier alpha value is -0.780.